The lowest BCUT2D eigenvalue weighted by molar-refractivity contribution is 0.478. The van der Waals surface area contributed by atoms with Crippen LogP contribution in [-0.2, 0) is 9.84 Å². The molecule has 1 aliphatic rings. The van der Waals surface area contributed by atoms with Crippen LogP contribution in [0, 0.1) is 0 Å². The highest BCUT2D eigenvalue weighted by Gasteiger charge is 2.36. The lowest BCUT2D eigenvalue weighted by Gasteiger charge is -2.27. The minimum atomic E-state index is -3.05. The van der Waals surface area contributed by atoms with E-state index in [1.807, 2.05) is 18.4 Å². The molecule has 3 nitrogen and oxygen atoms in total. The fourth-order valence-corrected chi connectivity index (χ4v) is 5.23. The zero-order valence-electron chi connectivity index (χ0n) is 8.86. The molecule has 0 saturated carbocycles. The quantitative estimate of drug-likeness (QED) is 0.866. The molecule has 0 saturated heterocycles. The molecular weight excluding hydrogens is 230 g/mol. The summed E-state index contributed by atoms with van der Waals surface area (Å²) in [5.41, 5.74) is 0.958. The number of nitrogens with one attached hydrogen (secondary N) is 1. The number of hydrogen-bond acceptors (Lipinski definition) is 4. The first-order valence-corrected chi connectivity index (χ1v) is 7.54. The van der Waals surface area contributed by atoms with E-state index < -0.39 is 9.84 Å². The van der Waals surface area contributed by atoms with E-state index in [4.69, 9.17) is 0 Å². The van der Waals surface area contributed by atoms with Gasteiger partial charge in [-0.3, -0.25) is 0 Å². The average Bonchev–Trinajstić information content (AvgIpc) is 2.64. The van der Waals surface area contributed by atoms with Crippen molar-refractivity contribution < 1.29 is 8.42 Å². The Bertz CT molecular complexity index is 450. The van der Waals surface area contributed by atoms with E-state index in [-0.39, 0.29) is 11.3 Å². The van der Waals surface area contributed by atoms with E-state index in [0.29, 0.717) is 10.6 Å². The maximum Gasteiger partial charge on any atom is 0.190 e. The molecule has 2 atom stereocenters. The largest absolute Gasteiger partial charge is 0.310 e. The molecule has 84 valence electrons. The van der Waals surface area contributed by atoms with Gasteiger partial charge in [-0.25, -0.2) is 8.42 Å². The van der Waals surface area contributed by atoms with Crippen LogP contribution in [0.3, 0.4) is 0 Å². The molecule has 0 aliphatic carbocycles. The standard InChI is InChI=1S/C10H15NO2S2/c1-3-11-9-6-7(2)15(12,13)10-8(9)4-5-14-10/h4-5,7,9,11H,3,6H2,1-2H3/t7-,9-/m1/s1. The Labute approximate surface area is 94.4 Å². The lowest BCUT2D eigenvalue weighted by Crippen LogP contribution is -2.33. The Kier molecular flexibility index (Phi) is 2.87. The fourth-order valence-electron chi connectivity index (χ4n) is 2.00. The van der Waals surface area contributed by atoms with Crippen molar-refractivity contribution in [3.63, 3.8) is 0 Å². The SMILES string of the molecule is CCN[C@@H]1C[C@@H](C)S(=O)(=O)c2sccc21. The molecular formula is C10H15NO2S2. The summed E-state index contributed by atoms with van der Waals surface area (Å²) in [7, 11) is -3.05. The molecule has 5 heteroatoms. The van der Waals surface area contributed by atoms with Gasteiger partial charge >= 0.3 is 0 Å². The minimum Gasteiger partial charge on any atom is -0.310 e. The van der Waals surface area contributed by atoms with Gasteiger partial charge < -0.3 is 5.32 Å². The molecule has 0 spiro atoms. The molecule has 15 heavy (non-hydrogen) atoms. The summed E-state index contributed by atoms with van der Waals surface area (Å²) in [5.74, 6) is 0. The normalized spacial score (nSPS) is 28.7. The topological polar surface area (TPSA) is 46.2 Å². The summed E-state index contributed by atoms with van der Waals surface area (Å²) in [5, 5.41) is 4.93. The van der Waals surface area contributed by atoms with Gasteiger partial charge in [0.1, 0.15) is 4.21 Å². The third-order valence-corrected chi connectivity index (χ3v) is 6.55. The minimum absolute atomic E-state index is 0.203. The Morgan fingerprint density at radius 3 is 3.00 bits per heavy atom. The van der Waals surface area contributed by atoms with Gasteiger partial charge in [-0.05, 0) is 36.9 Å². The van der Waals surface area contributed by atoms with Crippen molar-refractivity contribution in [1.82, 2.24) is 5.32 Å². The van der Waals surface area contributed by atoms with Crippen molar-refractivity contribution >= 4 is 21.2 Å². The zero-order valence-corrected chi connectivity index (χ0v) is 10.5. The van der Waals surface area contributed by atoms with Crippen LogP contribution in [-0.4, -0.2) is 20.2 Å². The maximum absolute atomic E-state index is 12.0. The van der Waals surface area contributed by atoms with Crippen LogP contribution in [0.5, 0.6) is 0 Å². The van der Waals surface area contributed by atoms with Gasteiger partial charge in [0.2, 0.25) is 0 Å². The van der Waals surface area contributed by atoms with Gasteiger partial charge in [0.15, 0.2) is 9.84 Å². The highest BCUT2D eigenvalue weighted by molar-refractivity contribution is 7.94. The van der Waals surface area contributed by atoms with Crippen molar-refractivity contribution in [2.75, 3.05) is 6.54 Å². The number of sulfone groups is 1. The number of fused-ring (bicyclic) bond motifs is 1. The van der Waals surface area contributed by atoms with Crippen molar-refractivity contribution in [3.8, 4) is 0 Å². The highest BCUT2D eigenvalue weighted by Crippen LogP contribution is 2.39. The van der Waals surface area contributed by atoms with Gasteiger partial charge in [0.05, 0.1) is 5.25 Å². The van der Waals surface area contributed by atoms with E-state index in [0.717, 1.165) is 12.1 Å². The Hall–Kier alpha value is -0.390. The Morgan fingerprint density at radius 1 is 1.60 bits per heavy atom. The summed E-state index contributed by atoms with van der Waals surface area (Å²) >= 11 is 1.34. The molecule has 1 aliphatic heterocycles. The Balaban J connectivity index is 2.48. The van der Waals surface area contributed by atoms with Crippen molar-refractivity contribution in [2.24, 2.45) is 0 Å². The van der Waals surface area contributed by atoms with E-state index >= 15 is 0 Å². The van der Waals surface area contributed by atoms with Crippen molar-refractivity contribution in [1.29, 1.82) is 0 Å². The third kappa shape index (κ3) is 1.73. The van der Waals surface area contributed by atoms with E-state index in [9.17, 15) is 8.42 Å². The molecule has 2 heterocycles. The molecule has 0 bridgehead atoms. The second-order valence-electron chi connectivity index (χ2n) is 3.86. The maximum atomic E-state index is 12.0. The molecule has 0 unspecified atom stereocenters. The second-order valence-corrected chi connectivity index (χ2v) is 7.34. The number of rotatable bonds is 2. The van der Waals surface area contributed by atoms with Crippen LogP contribution in [0.2, 0.25) is 0 Å². The highest BCUT2D eigenvalue weighted by atomic mass is 32.2. The first kappa shape index (κ1) is 11.1. The Morgan fingerprint density at radius 2 is 2.33 bits per heavy atom. The summed E-state index contributed by atoms with van der Waals surface area (Å²) in [6, 6.07) is 2.13. The molecule has 0 fully saturated rings. The van der Waals surface area contributed by atoms with Crippen LogP contribution in [0.15, 0.2) is 15.7 Å². The van der Waals surface area contributed by atoms with Crippen LogP contribution in [0.4, 0.5) is 0 Å². The van der Waals surface area contributed by atoms with E-state index in [2.05, 4.69) is 5.32 Å². The van der Waals surface area contributed by atoms with Crippen molar-refractivity contribution in [3.05, 3.63) is 17.0 Å². The number of thiophene rings is 1. The summed E-state index contributed by atoms with van der Waals surface area (Å²) in [6.07, 6.45) is 0.680. The van der Waals surface area contributed by atoms with Gasteiger partial charge in [0.25, 0.3) is 0 Å². The predicted molar refractivity (Wildman–Crippen MR) is 62.0 cm³/mol. The van der Waals surface area contributed by atoms with Crippen molar-refractivity contribution in [2.45, 2.75) is 35.8 Å². The third-order valence-electron chi connectivity index (χ3n) is 2.84. The predicted octanol–water partition coefficient (Wildman–Crippen LogP) is 1.96. The van der Waals surface area contributed by atoms with E-state index in [1.165, 1.54) is 11.3 Å². The van der Waals surface area contributed by atoms with Crippen LogP contribution in [0.1, 0.15) is 31.9 Å². The summed E-state index contributed by atoms with van der Waals surface area (Å²) in [4.78, 5) is 0. The van der Waals surface area contributed by atoms with Gasteiger partial charge in [-0.15, -0.1) is 11.3 Å². The monoisotopic (exact) mass is 245 g/mol. The number of hydrogen-bond donors (Lipinski definition) is 1. The fraction of sp³-hybridized carbons (Fsp3) is 0.600. The second kappa shape index (κ2) is 3.88. The van der Waals surface area contributed by atoms with Crippen LogP contribution < -0.4 is 5.32 Å². The summed E-state index contributed by atoms with van der Waals surface area (Å²) in [6.45, 7) is 4.70. The van der Waals surface area contributed by atoms with Gasteiger partial charge in [-0.1, -0.05) is 6.92 Å². The smallest absolute Gasteiger partial charge is 0.190 e. The first-order chi connectivity index (χ1) is 7.07. The lowest BCUT2D eigenvalue weighted by atomic mass is 10.1. The molecule has 0 amide bonds. The van der Waals surface area contributed by atoms with Crippen LogP contribution in [0.25, 0.3) is 0 Å². The summed E-state index contributed by atoms with van der Waals surface area (Å²) < 4.78 is 24.6. The van der Waals surface area contributed by atoms with Gasteiger partial charge in [-0.2, -0.15) is 0 Å². The molecule has 1 aromatic heterocycles. The average molecular weight is 245 g/mol. The van der Waals surface area contributed by atoms with Gasteiger partial charge in [0, 0.05) is 6.04 Å². The molecule has 1 N–H and O–H groups in total. The molecule has 0 radical (unpaired) electrons. The molecule has 1 aromatic rings. The first-order valence-electron chi connectivity index (χ1n) is 5.12. The van der Waals surface area contributed by atoms with E-state index in [1.54, 1.807) is 6.92 Å². The zero-order chi connectivity index (χ0) is 11.1. The molecule has 0 aromatic carbocycles. The molecule has 2 rings (SSSR count). The van der Waals surface area contributed by atoms with Crippen LogP contribution >= 0.6 is 11.3 Å².